The first-order valence-corrected chi connectivity index (χ1v) is 11.4. The number of nitrogens with one attached hydrogen (secondary N) is 2. The van der Waals surface area contributed by atoms with Gasteiger partial charge in [-0.3, -0.25) is 10.1 Å². The van der Waals surface area contributed by atoms with E-state index >= 15 is 0 Å². The molecule has 2 N–H and O–H groups in total. The predicted octanol–water partition coefficient (Wildman–Crippen LogP) is 5.65. The lowest BCUT2D eigenvalue weighted by atomic mass is 10.0. The van der Waals surface area contributed by atoms with Crippen molar-refractivity contribution in [1.29, 1.82) is 0 Å². The Morgan fingerprint density at radius 3 is 2.51 bits per heavy atom. The number of aromatic nitrogens is 3. The summed E-state index contributed by atoms with van der Waals surface area (Å²) in [7, 11) is 1.61. The molecule has 0 saturated heterocycles. The molecule has 7 nitrogen and oxygen atoms in total. The number of carbonyl (C=O) groups excluding carboxylic acids is 1. The molecule has 1 unspecified atom stereocenters. The van der Waals surface area contributed by atoms with E-state index in [9.17, 15) is 4.79 Å². The predicted molar refractivity (Wildman–Crippen MR) is 138 cm³/mol. The highest BCUT2D eigenvalue weighted by atomic mass is 35.5. The van der Waals surface area contributed by atoms with E-state index in [2.05, 4.69) is 26.8 Å². The van der Waals surface area contributed by atoms with Crippen molar-refractivity contribution in [2.24, 2.45) is 0 Å². The molecule has 1 aliphatic heterocycles. The fraction of sp³-hybridized carbons (Fsp3) is 0.0741. The summed E-state index contributed by atoms with van der Waals surface area (Å²) >= 11 is 6.07. The number of carbonyl (C=O) groups is 1. The molecule has 5 rings (SSSR count). The molecule has 0 radical (unpaired) electrons. The second-order valence-electron chi connectivity index (χ2n) is 7.87. The summed E-state index contributed by atoms with van der Waals surface area (Å²) in [5.74, 6) is 1.17. The first-order chi connectivity index (χ1) is 17.1. The first kappa shape index (κ1) is 22.4. The van der Waals surface area contributed by atoms with Crippen molar-refractivity contribution in [3.63, 3.8) is 0 Å². The molecular formula is C27H22ClN5O2. The van der Waals surface area contributed by atoms with Gasteiger partial charge in [0.2, 0.25) is 5.95 Å². The van der Waals surface area contributed by atoms with Gasteiger partial charge in [0.25, 0.3) is 11.9 Å². The summed E-state index contributed by atoms with van der Waals surface area (Å²) in [6, 6.07) is 24.8. The quantitative estimate of drug-likeness (QED) is 0.346. The number of hydrogen-bond donors (Lipinski definition) is 2. The summed E-state index contributed by atoms with van der Waals surface area (Å²) < 4.78 is 6.92. The Labute approximate surface area is 207 Å². The van der Waals surface area contributed by atoms with Gasteiger partial charge >= 0.3 is 0 Å². The normalized spacial score (nSPS) is 14.7. The largest absolute Gasteiger partial charge is 0.497 e. The van der Waals surface area contributed by atoms with E-state index in [-0.39, 0.29) is 17.9 Å². The smallest absolute Gasteiger partial charge is 0.250 e. The van der Waals surface area contributed by atoms with E-state index in [1.807, 2.05) is 78.9 Å². The van der Waals surface area contributed by atoms with Crippen LogP contribution in [0.15, 0.2) is 91.0 Å². The maximum Gasteiger partial charge on any atom is 0.250 e. The molecule has 4 aromatic rings. The zero-order valence-corrected chi connectivity index (χ0v) is 19.6. The third-order valence-electron chi connectivity index (χ3n) is 5.54. The number of allylic oxidation sites excluding steroid dienone is 1. The van der Waals surface area contributed by atoms with Crippen molar-refractivity contribution >= 4 is 41.2 Å². The highest BCUT2D eigenvalue weighted by Gasteiger charge is 2.25. The molecule has 0 aliphatic carbocycles. The van der Waals surface area contributed by atoms with Crippen molar-refractivity contribution in [3.05, 3.63) is 113 Å². The molecule has 0 spiro atoms. The SMILES string of the molecule is COc1ccc(C=CC(=O)Nc2nc3n(n2)C(c2ccccc2)C=C(c2ccc(Cl)cc2)N3)cc1. The minimum absolute atomic E-state index is 0.203. The Morgan fingerprint density at radius 1 is 1.06 bits per heavy atom. The van der Waals surface area contributed by atoms with Gasteiger partial charge in [0.1, 0.15) is 11.8 Å². The maximum absolute atomic E-state index is 12.5. The number of rotatable bonds is 6. The molecule has 1 aromatic heterocycles. The van der Waals surface area contributed by atoms with Crippen LogP contribution in [0.1, 0.15) is 22.7 Å². The standard InChI is InChI=1S/C27H22ClN5O2/c1-35-22-14-7-18(8-15-22)9-16-25(34)30-26-31-27-29-23(19-10-12-21(28)13-11-19)17-24(33(27)32-26)20-5-3-2-4-6-20/h2-17,24H,1H3,(H2,29,30,31,32,34). The lowest BCUT2D eigenvalue weighted by molar-refractivity contribution is -0.111. The molecule has 3 aromatic carbocycles. The van der Waals surface area contributed by atoms with Crippen molar-refractivity contribution in [2.45, 2.75) is 6.04 Å². The highest BCUT2D eigenvalue weighted by Crippen LogP contribution is 2.33. The van der Waals surface area contributed by atoms with Crippen LogP contribution in [0.5, 0.6) is 5.75 Å². The Morgan fingerprint density at radius 2 is 1.80 bits per heavy atom. The summed E-state index contributed by atoms with van der Waals surface area (Å²) in [5.41, 5.74) is 3.77. The van der Waals surface area contributed by atoms with Crippen LogP contribution in [-0.4, -0.2) is 27.8 Å². The van der Waals surface area contributed by atoms with Gasteiger partial charge in [-0.05, 0) is 53.1 Å². The molecule has 174 valence electrons. The fourth-order valence-electron chi connectivity index (χ4n) is 3.77. The Balaban J connectivity index is 1.39. The molecule has 1 aliphatic rings. The lowest BCUT2D eigenvalue weighted by Crippen LogP contribution is -2.20. The highest BCUT2D eigenvalue weighted by molar-refractivity contribution is 6.30. The van der Waals surface area contributed by atoms with Gasteiger partial charge in [0, 0.05) is 16.8 Å². The van der Waals surface area contributed by atoms with E-state index in [1.165, 1.54) is 6.08 Å². The fourth-order valence-corrected chi connectivity index (χ4v) is 3.90. The van der Waals surface area contributed by atoms with Crippen molar-refractivity contribution in [3.8, 4) is 5.75 Å². The molecule has 1 amide bonds. The number of hydrogen-bond acceptors (Lipinski definition) is 5. The number of ether oxygens (including phenoxy) is 1. The van der Waals surface area contributed by atoms with Crippen LogP contribution in [0.3, 0.4) is 0 Å². The van der Waals surface area contributed by atoms with Gasteiger partial charge in [0.15, 0.2) is 0 Å². The minimum Gasteiger partial charge on any atom is -0.497 e. The van der Waals surface area contributed by atoms with E-state index < -0.39 is 0 Å². The van der Waals surface area contributed by atoms with Gasteiger partial charge in [-0.15, -0.1) is 5.10 Å². The summed E-state index contributed by atoms with van der Waals surface area (Å²) in [6.45, 7) is 0. The molecule has 0 saturated carbocycles. The Hall–Kier alpha value is -4.36. The number of halogens is 1. The zero-order valence-electron chi connectivity index (χ0n) is 18.9. The van der Waals surface area contributed by atoms with Crippen molar-refractivity contribution < 1.29 is 9.53 Å². The number of fused-ring (bicyclic) bond motifs is 1. The van der Waals surface area contributed by atoms with E-state index in [4.69, 9.17) is 16.3 Å². The van der Waals surface area contributed by atoms with Crippen LogP contribution in [0.2, 0.25) is 5.02 Å². The second-order valence-corrected chi connectivity index (χ2v) is 8.30. The van der Waals surface area contributed by atoms with E-state index in [1.54, 1.807) is 17.9 Å². The van der Waals surface area contributed by atoms with E-state index in [0.29, 0.717) is 11.0 Å². The van der Waals surface area contributed by atoms with Gasteiger partial charge < -0.3 is 10.1 Å². The third kappa shape index (κ3) is 5.10. The van der Waals surface area contributed by atoms with Crippen LogP contribution in [0, 0.1) is 0 Å². The van der Waals surface area contributed by atoms with Crippen LogP contribution in [0.25, 0.3) is 11.8 Å². The van der Waals surface area contributed by atoms with Crippen LogP contribution >= 0.6 is 11.6 Å². The molecule has 0 bridgehead atoms. The average molecular weight is 484 g/mol. The number of nitrogens with zero attached hydrogens (tertiary/aromatic N) is 3. The molecule has 2 heterocycles. The Kier molecular flexibility index (Phi) is 6.32. The summed E-state index contributed by atoms with van der Waals surface area (Å²) in [4.78, 5) is 17.1. The first-order valence-electron chi connectivity index (χ1n) is 11.0. The van der Waals surface area contributed by atoms with Gasteiger partial charge in [-0.1, -0.05) is 66.2 Å². The van der Waals surface area contributed by atoms with Gasteiger partial charge in [-0.25, -0.2) is 4.68 Å². The number of anilines is 2. The third-order valence-corrected chi connectivity index (χ3v) is 5.79. The molecule has 0 fully saturated rings. The monoisotopic (exact) mass is 483 g/mol. The van der Waals surface area contributed by atoms with Gasteiger partial charge in [0.05, 0.1) is 7.11 Å². The zero-order chi connectivity index (χ0) is 24.2. The molecule has 35 heavy (non-hydrogen) atoms. The number of methoxy groups -OCH3 is 1. The Bertz CT molecular complexity index is 1390. The topological polar surface area (TPSA) is 81.1 Å². The lowest BCUT2D eigenvalue weighted by Gasteiger charge is -2.24. The van der Waals surface area contributed by atoms with Crippen LogP contribution in [-0.2, 0) is 4.79 Å². The minimum atomic E-state index is -0.328. The van der Waals surface area contributed by atoms with Crippen molar-refractivity contribution in [2.75, 3.05) is 17.7 Å². The van der Waals surface area contributed by atoms with Gasteiger partial charge in [-0.2, -0.15) is 4.98 Å². The summed E-state index contributed by atoms with van der Waals surface area (Å²) in [6.07, 6.45) is 5.24. The maximum atomic E-state index is 12.5. The second kappa shape index (κ2) is 9.87. The van der Waals surface area contributed by atoms with Crippen molar-refractivity contribution in [1.82, 2.24) is 14.8 Å². The van der Waals surface area contributed by atoms with Crippen LogP contribution < -0.4 is 15.4 Å². The average Bonchev–Trinajstić information content (AvgIpc) is 3.30. The molecule has 8 heteroatoms. The van der Waals surface area contributed by atoms with Crippen LogP contribution in [0.4, 0.5) is 11.9 Å². The summed E-state index contributed by atoms with van der Waals surface area (Å²) in [5, 5.41) is 11.3. The number of amides is 1. The van der Waals surface area contributed by atoms with E-state index in [0.717, 1.165) is 28.1 Å². The number of benzene rings is 3. The molecular weight excluding hydrogens is 462 g/mol. The molecule has 1 atom stereocenters.